The van der Waals surface area contributed by atoms with E-state index < -0.39 is 0 Å². The van der Waals surface area contributed by atoms with Gasteiger partial charge in [0.25, 0.3) is 0 Å². The molecule has 0 saturated carbocycles. The van der Waals surface area contributed by atoms with E-state index in [9.17, 15) is 0 Å². The number of hydrogen-bond acceptors (Lipinski definition) is 6. The molecule has 2 heterocycles. The summed E-state index contributed by atoms with van der Waals surface area (Å²) in [6.07, 6.45) is 3.03. The Labute approximate surface area is 146 Å². The Morgan fingerprint density at radius 2 is 1.84 bits per heavy atom. The van der Waals surface area contributed by atoms with Gasteiger partial charge in [0.1, 0.15) is 6.10 Å². The topological polar surface area (TPSA) is 84.9 Å². The lowest BCUT2D eigenvalue weighted by atomic mass is 10.1. The maximum absolute atomic E-state index is 5.88. The minimum Gasteiger partial charge on any atom is -0.469 e. The largest absolute Gasteiger partial charge is 0.469 e. The molecule has 0 bridgehead atoms. The van der Waals surface area contributed by atoms with E-state index in [1.165, 1.54) is 0 Å². The molecule has 0 spiro atoms. The fourth-order valence-electron chi connectivity index (χ4n) is 2.31. The van der Waals surface area contributed by atoms with Crippen molar-refractivity contribution in [3.8, 4) is 5.88 Å². The van der Waals surface area contributed by atoms with Gasteiger partial charge in [0.15, 0.2) is 11.6 Å². The molecule has 2 N–H and O–H groups in total. The quantitative estimate of drug-likeness (QED) is 0.681. The Morgan fingerprint density at radius 1 is 1.04 bits per heavy atom. The van der Waals surface area contributed by atoms with Crippen LogP contribution in [0.2, 0.25) is 0 Å². The van der Waals surface area contributed by atoms with Gasteiger partial charge in [-0.3, -0.25) is 10.1 Å². The molecule has 0 aliphatic heterocycles. The van der Waals surface area contributed by atoms with Crippen molar-refractivity contribution in [1.29, 1.82) is 0 Å². The summed E-state index contributed by atoms with van der Waals surface area (Å²) in [6, 6.07) is 11.8. The Balaban J connectivity index is 1.68. The van der Waals surface area contributed by atoms with Gasteiger partial charge in [-0.2, -0.15) is 10.1 Å². The molecular weight excluding hydrogens is 318 g/mol. The van der Waals surface area contributed by atoms with Crippen molar-refractivity contribution in [2.45, 2.75) is 26.1 Å². The Kier molecular flexibility index (Phi) is 5.25. The summed E-state index contributed by atoms with van der Waals surface area (Å²) in [6.45, 7) is 3.92. The van der Waals surface area contributed by atoms with Crippen LogP contribution >= 0.6 is 0 Å². The van der Waals surface area contributed by atoms with E-state index in [1.54, 1.807) is 19.5 Å². The number of nitrogens with one attached hydrogen (secondary N) is 2. The van der Waals surface area contributed by atoms with Gasteiger partial charge in [0, 0.05) is 13.2 Å². The van der Waals surface area contributed by atoms with E-state index in [1.807, 2.05) is 50.2 Å². The summed E-state index contributed by atoms with van der Waals surface area (Å²) in [5, 5.41) is 10.2. The minimum atomic E-state index is -0.120. The Morgan fingerprint density at radius 3 is 2.60 bits per heavy atom. The molecular formula is C18H21N5O2. The third kappa shape index (κ3) is 4.33. The summed E-state index contributed by atoms with van der Waals surface area (Å²) < 4.78 is 11.1. The molecule has 0 aliphatic rings. The summed E-state index contributed by atoms with van der Waals surface area (Å²) in [5.41, 5.74) is 1.95. The summed E-state index contributed by atoms with van der Waals surface area (Å²) >= 11 is 0. The predicted octanol–water partition coefficient (Wildman–Crippen LogP) is 3.79. The molecule has 3 rings (SSSR count). The average molecular weight is 339 g/mol. The first kappa shape index (κ1) is 16.9. The van der Waals surface area contributed by atoms with Crippen LogP contribution < -0.4 is 10.1 Å². The van der Waals surface area contributed by atoms with Crippen LogP contribution in [0.3, 0.4) is 0 Å². The SMILES string of the molecule is CO[C@H](C)c1cc(Nc2cncc(O[C@@H](C)c3ccccc3)n2)n[nH]1. The van der Waals surface area contributed by atoms with E-state index in [2.05, 4.69) is 25.5 Å². The highest BCUT2D eigenvalue weighted by atomic mass is 16.5. The molecule has 25 heavy (non-hydrogen) atoms. The maximum Gasteiger partial charge on any atom is 0.234 e. The smallest absolute Gasteiger partial charge is 0.234 e. The monoisotopic (exact) mass is 339 g/mol. The van der Waals surface area contributed by atoms with E-state index in [0.717, 1.165) is 11.3 Å². The number of aromatic nitrogens is 4. The number of anilines is 2. The second-order valence-electron chi connectivity index (χ2n) is 5.62. The van der Waals surface area contributed by atoms with Gasteiger partial charge in [-0.1, -0.05) is 30.3 Å². The van der Waals surface area contributed by atoms with E-state index >= 15 is 0 Å². The minimum absolute atomic E-state index is 0.0597. The standard InChI is InChI=1S/C18H21N5O2/c1-12(14-7-5-4-6-8-14)25-18-11-19-10-17(21-18)20-16-9-15(22-23-16)13(2)24-3/h4-13H,1-3H3,(H2,20,21,22,23)/t12-,13+/m0/s1. The first-order valence-corrected chi connectivity index (χ1v) is 8.04. The van der Waals surface area contributed by atoms with Crippen molar-refractivity contribution >= 4 is 11.6 Å². The van der Waals surface area contributed by atoms with E-state index in [4.69, 9.17) is 9.47 Å². The third-order valence-electron chi connectivity index (χ3n) is 3.82. The molecule has 0 unspecified atom stereocenters. The molecule has 3 aromatic rings. The van der Waals surface area contributed by atoms with Crippen LogP contribution in [0.4, 0.5) is 11.6 Å². The Hall–Kier alpha value is -2.93. The van der Waals surface area contributed by atoms with Gasteiger partial charge in [-0.05, 0) is 19.4 Å². The number of rotatable bonds is 7. The number of hydrogen-bond donors (Lipinski definition) is 2. The van der Waals surface area contributed by atoms with Gasteiger partial charge in [0.2, 0.25) is 5.88 Å². The van der Waals surface area contributed by atoms with Crippen molar-refractivity contribution in [1.82, 2.24) is 20.2 Å². The average Bonchev–Trinajstić information content (AvgIpc) is 3.10. The fraction of sp³-hybridized carbons (Fsp3) is 0.278. The van der Waals surface area contributed by atoms with Gasteiger partial charge in [-0.25, -0.2) is 0 Å². The van der Waals surface area contributed by atoms with Crippen LogP contribution in [0.5, 0.6) is 5.88 Å². The number of aromatic amines is 1. The highest BCUT2D eigenvalue weighted by Crippen LogP contribution is 2.22. The number of ether oxygens (including phenoxy) is 2. The van der Waals surface area contributed by atoms with Crippen molar-refractivity contribution in [3.63, 3.8) is 0 Å². The molecule has 0 amide bonds. The molecule has 2 atom stereocenters. The highest BCUT2D eigenvalue weighted by molar-refractivity contribution is 5.51. The molecule has 7 heteroatoms. The zero-order valence-electron chi connectivity index (χ0n) is 14.4. The second-order valence-corrected chi connectivity index (χ2v) is 5.62. The van der Waals surface area contributed by atoms with Crippen LogP contribution in [-0.2, 0) is 4.74 Å². The lowest BCUT2D eigenvalue weighted by Gasteiger charge is -2.14. The van der Waals surface area contributed by atoms with Gasteiger partial charge in [-0.15, -0.1) is 0 Å². The van der Waals surface area contributed by atoms with Crippen LogP contribution in [0.25, 0.3) is 0 Å². The normalized spacial score (nSPS) is 13.2. The van der Waals surface area contributed by atoms with Crippen LogP contribution in [0.1, 0.15) is 37.3 Å². The van der Waals surface area contributed by atoms with Gasteiger partial charge in [0.05, 0.1) is 24.2 Å². The molecule has 1 aromatic carbocycles. The van der Waals surface area contributed by atoms with Crippen molar-refractivity contribution < 1.29 is 9.47 Å². The van der Waals surface area contributed by atoms with Crippen LogP contribution in [-0.4, -0.2) is 27.3 Å². The zero-order valence-corrected chi connectivity index (χ0v) is 14.4. The summed E-state index contributed by atoms with van der Waals surface area (Å²) in [7, 11) is 1.65. The number of methoxy groups -OCH3 is 1. The molecule has 0 aliphatic carbocycles. The second kappa shape index (κ2) is 7.76. The first-order chi connectivity index (χ1) is 12.2. The summed E-state index contributed by atoms with van der Waals surface area (Å²) in [5.74, 6) is 1.64. The fourth-order valence-corrected chi connectivity index (χ4v) is 2.31. The first-order valence-electron chi connectivity index (χ1n) is 8.04. The van der Waals surface area contributed by atoms with Crippen molar-refractivity contribution in [2.75, 3.05) is 12.4 Å². The van der Waals surface area contributed by atoms with Crippen molar-refractivity contribution in [2.24, 2.45) is 0 Å². The van der Waals surface area contributed by atoms with E-state index in [0.29, 0.717) is 17.5 Å². The molecule has 2 aromatic heterocycles. The van der Waals surface area contributed by atoms with Crippen molar-refractivity contribution in [3.05, 3.63) is 60.0 Å². The van der Waals surface area contributed by atoms with Crippen LogP contribution in [0, 0.1) is 0 Å². The number of H-pyrrole nitrogens is 1. The van der Waals surface area contributed by atoms with E-state index in [-0.39, 0.29) is 12.2 Å². The van der Waals surface area contributed by atoms with Crippen LogP contribution in [0.15, 0.2) is 48.8 Å². The van der Waals surface area contributed by atoms with Gasteiger partial charge < -0.3 is 14.8 Å². The van der Waals surface area contributed by atoms with Gasteiger partial charge >= 0.3 is 0 Å². The Bertz CT molecular complexity index is 806. The number of nitrogens with zero attached hydrogens (tertiary/aromatic N) is 3. The zero-order chi connectivity index (χ0) is 17.6. The molecule has 0 saturated heterocycles. The molecule has 0 fully saturated rings. The lowest BCUT2D eigenvalue weighted by Crippen LogP contribution is -2.05. The third-order valence-corrected chi connectivity index (χ3v) is 3.82. The molecule has 130 valence electrons. The lowest BCUT2D eigenvalue weighted by molar-refractivity contribution is 0.116. The number of benzene rings is 1. The predicted molar refractivity (Wildman–Crippen MR) is 94.8 cm³/mol. The molecule has 0 radical (unpaired) electrons. The molecule has 7 nitrogen and oxygen atoms in total. The summed E-state index contributed by atoms with van der Waals surface area (Å²) in [4.78, 5) is 8.60. The maximum atomic E-state index is 5.88. The highest BCUT2D eigenvalue weighted by Gasteiger charge is 2.11.